The fourth-order valence-electron chi connectivity index (χ4n) is 3.14. The normalized spacial score (nSPS) is 16.7. The predicted octanol–water partition coefficient (Wildman–Crippen LogP) is -0.219. The topological polar surface area (TPSA) is 63.0 Å². The van der Waals surface area contributed by atoms with E-state index in [0.29, 0.717) is 12.6 Å². The van der Waals surface area contributed by atoms with E-state index in [1.54, 1.807) is 14.2 Å². The van der Waals surface area contributed by atoms with Crippen LogP contribution in [0.1, 0.15) is 31.2 Å². The Morgan fingerprint density at radius 1 is 1.29 bits per heavy atom. The maximum atomic E-state index is 11.0. The Bertz CT molecular complexity index is 483. The maximum Gasteiger partial charge on any atom is 0.127 e. The number of quaternary nitrogens is 1. The van der Waals surface area contributed by atoms with Gasteiger partial charge in [-0.05, 0) is 43.9 Å². The van der Waals surface area contributed by atoms with Crippen LogP contribution >= 0.6 is 0 Å². The Hall–Kier alpha value is -1.75. The van der Waals surface area contributed by atoms with E-state index in [1.165, 1.54) is 12.8 Å². The molecule has 2 rings (SSSR count). The summed E-state index contributed by atoms with van der Waals surface area (Å²) in [4.78, 5) is 12.1. The first kappa shape index (κ1) is 15.6. The lowest BCUT2D eigenvalue weighted by molar-refractivity contribution is -0.932. The van der Waals surface area contributed by atoms with Crippen molar-refractivity contribution >= 4 is 5.97 Å². The third-order valence-electron chi connectivity index (χ3n) is 4.21. The van der Waals surface area contributed by atoms with Crippen LogP contribution in [0.15, 0.2) is 18.2 Å². The monoisotopic (exact) mass is 293 g/mol. The Balaban J connectivity index is 2.19. The highest BCUT2D eigenvalue weighted by Gasteiger charge is 2.27. The number of ether oxygens (including phenoxy) is 2. The second kappa shape index (κ2) is 7.31. The van der Waals surface area contributed by atoms with Gasteiger partial charge < -0.3 is 24.3 Å². The summed E-state index contributed by atoms with van der Waals surface area (Å²) in [6.07, 6.45) is 4.51. The summed E-state index contributed by atoms with van der Waals surface area (Å²) in [6, 6.07) is 6.01. The first-order valence-electron chi connectivity index (χ1n) is 7.39. The van der Waals surface area contributed by atoms with Crippen LogP contribution in [-0.2, 0) is 11.3 Å². The molecule has 1 saturated carbocycles. The lowest BCUT2D eigenvalue weighted by Gasteiger charge is -2.27. The second-order valence-corrected chi connectivity index (χ2v) is 5.54. The molecular weight excluding hydrogens is 270 g/mol. The van der Waals surface area contributed by atoms with Crippen LogP contribution in [0.3, 0.4) is 0 Å². The van der Waals surface area contributed by atoms with E-state index in [1.807, 2.05) is 18.2 Å². The molecule has 1 aliphatic carbocycles. The first-order valence-corrected chi connectivity index (χ1v) is 7.39. The molecule has 1 atom stereocenters. The Labute approximate surface area is 125 Å². The van der Waals surface area contributed by atoms with Crippen molar-refractivity contribution in [2.75, 3.05) is 20.8 Å². The van der Waals surface area contributed by atoms with Crippen LogP contribution < -0.4 is 19.5 Å². The predicted molar refractivity (Wildman–Crippen MR) is 76.3 cm³/mol. The van der Waals surface area contributed by atoms with Crippen LogP contribution in [0.4, 0.5) is 0 Å². The molecule has 1 unspecified atom stereocenters. The number of carbonyl (C=O) groups excluding carboxylic acids is 1. The van der Waals surface area contributed by atoms with Crippen molar-refractivity contribution < 1.29 is 24.3 Å². The van der Waals surface area contributed by atoms with Crippen molar-refractivity contribution in [1.29, 1.82) is 0 Å². The molecule has 0 heterocycles. The highest BCUT2D eigenvalue weighted by Crippen LogP contribution is 2.24. The van der Waals surface area contributed by atoms with Crippen molar-refractivity contribution in [3.63, 3.8) is 0 Å². The van der Waals surface area contributed by atoms with Crippen molar-refractivity contribution in [2.45, 2.75) is 38.3 Å². The van der Waals surface area contributed by atoms with Gasteiger partial charge in [-0.3, -0.25) is 0 Å². The molecule has 0 radical (unpaired) electrons. The summed E-state index contributed by atoms with van der Waals surface area (Å²) >= 11 is 0. The van der Waals surface area contributed by atoms with Gasteiger partial charge in [0.05, 0.1) is 31.8 Å². The van der Waals surface area contributed by atoms with Crippen molar-refractivity contribution in [3.05, 3.63) is 23.8 Å². The number of carboxylic acid groups (broad SMARTS) is 1. The lowest BCUT2D eigenvalue weighted by Crippen LogP contribution is -3.15. The zero-order valence-corrected chi connectivity index (χ0v) is 12.7. The average molecular weight is 293 g/mol. The van der Waals surface area contributed by atoms with E-state index in [9.17, 15) is 9.90 Å². The van der Waals surface area contributed by atoms with Gasteiger partial charge in [-0.2, -0.15) is 0 Å². The van der Waals surface area contributed by atoms with Gasteiger partial charge in [0.2, 0.25) is 0 Å². The number of hydrogen-bond acceptors (Lipinski definition) is 4. The largest absolute Gasteiger partial charge is 0.544 e. The van der Waals surface area contributed by atoms with E-state index < -0.39 is 5.97 Å². The van der Waals surface area contributed by atoms with Crippen molar-refractivity contribution in [3.8, 4) is 11.5 Å². The number of rotatable bonds is 7. The zero-order chi connectivity index (χ0) is 15.2. The van der Waals surface area contributed by atoms with Gasteiger partial charge in [0.1, 0.15) is 24.6 Å². The van der Waals surface area contributed by atoms with Gasteiger partial charge in [0.15, 0.2) is 0 Å². The van der Waals surface area contributed by atoms with Crippen LogP contribution in [0.2, 0.25) is 0 Å². The van der Waals surface area contributed by atoms with Gasteiger partial charge in [0.25, 0.3) is 0 Å². The summed E-state index contributed by atoms with van der Waals surface area (Å²) in [7, 11) is 3.24. The highest BCUT2D eigenvalue weighted by atomic mass is 16.5. The molecule has 0 aliphatic heterocycles. The van der Waals surface area contributed by atoms with Crippen LogP contribution in [-0.4, -0.2) is 32.8 Å². The molecule has 0 spiro atoms. The van der Waals surface area contributed by atoms with E-state index in [-0.39, 0.29) is 6.54 Å². The van der Waals surface area contributed by atoms with Gasteiger partial charge in [0, 0.05) is 0 Å². The van der Waals surface area contributed by atoms with Crippen molar-refractivity contribution in [2.24, 2.45) is 0 Å². The SMILES string of the molecule is COc1ccc(OC)c(C[NH+](CC(=O)[O-])C2CCCC2)c1. The first-order chi connectivity index (χ1) is 10.1. The van der Waals surface area contributed by atoms with Crippen LogP contribution in [0, 0.1) is 0 Å². The number of carboxylic acids is 1. The summed E-state index contributed by atoms with van der Waals surface area (Å²) in [6.45, 7) is 0.643. The molecule has 0 aromatic heterocycles. The fraction of sp³-hybridized carbons (Fsp3) is 0.562. The molecule has 0 amide bonds. The number of aliphatic carboxylic acids is 1. The fourth-order valence-corrected chi connectivity index (χ4v) is 3.14. The van der Waals surface area contributed by atoms with E-state index >= 15 is 0 Å². The highest BCUT2D eigenvalue weighted by molar-refractivity contribution is 5.65. The molecule has 1 fully saturated rings. The van der Waals surface area contributed by atoms with Gasteiger partial charge >= 0.3 is 0 Å². The molecule has 1 N–H and O–H groups in total. The molecule has 0 bridgehead atoms. The molecule has 1 aliphatic rings. The van der Waals surface area contributed by atoms with E-state index in [2.05, 4.69) is 0 Å². The number of methoxy groups -OCH3 is 2. The quantitative estimate of drug-likeness (QED) is 0.755. The number of carbonyl (C=O) groups is 1. The van der Waals surface area contributed by atoms with Gasteiger partial charge in [-0.1, -0.05) is 0 Å². The minimum atomic E-state index is -1.00. The third kappa shape index (κ3) is 4.11. The minimum absolute atomic E-state index is 0.0328. The summed E-state index contributed by atoms with van der Waals surface area (Å²) in [5.41, 5.74) is 0.972. The molecule has 116 valence electrons. The van der Waals surface area contributed by atoms with E-state index in [4.69, 9.17) is 9.47 Å². The number of nitrogens with one attached hydrogen (secondary N) is 1. The van der Waals surface area contributed by atoms with Gasteiger partial charge in [-0.15, -0.1) is 0 Å². The standard InChI is InChI=1S/C16H23NO4/c1-20-14-7-8-15(21-2)12(9-14)10-17(11-16(18)19)13-5-3-4-6-13/h7-9,13H,3-6,10-11H2,1-2H3,(H,18,19). The summed E-state index contributed by atoms with van der Waals surface area (Å²) < 4.78 is 10.6. The van der Waals surface area contributed by atoms with Crippen LogP contribution in [0.5, 0.6) is 11.5 Å². The molecule has 21 heavy (non-hydrogen) atoms. The Kier molecular flexibility index (Phi) is 5.44. The molecule has 1 aromatic rings. The van der Waals surface area contributed by atoms with Gasteiger partial charge in [-0.25, -0.2) is 0 Å². The molecule has 0 saturated heterocycles. The Morgan fingerprint density at radius 2 is 2.00 bits per heavy atom. The summed E-state index contributed by atoms with van der Waals surface area (Å²) in [5, 5.41) is 11.0. The molecular formula is C16H23NO4. The molecule has 5 heteroatoms. The maximum absolute atomic E-state index is 11.0. The third-order valence-corrected chi connectivity index (χ3v) is 4.21. The average Bonchev–Trinajstić information content (AvgIpc) is 3.00. The molecule has 1 aromatic carbocycles. The van der Waals surface area contributed by atoms with E-state index in [0.717, 1.165) is 34.8 Å². The number of hydrogen-bond donors (Lipinski definition) is 1. The van der Waals surface area contributed by atoms with Crippen molar-refractivity contribution in [1.82, 2.24) is 0 Å². The smallest absolute Gasteiger partial charge is 0.127 e. The summed E-state index contributed by atoms with van der Waals surface area (Å²) in [5.74, 6) is 0.522. The zero-order valence-electron chi connectivity index (χ0n) is 12.7. The minimum Gasteiger partial charge on any atom is -0.544 e. The number of benzene rings is 1. The molecule has 5 nitrogen and oxygen atoms in total. The second-order valence-electron chi connectivity index (χ2n) is 5.54. The van der Waals surface area contributed by atoms with Crippen LogP contribution in [0.25, 0.3) is 0 Å². The Morgan fingerprint density at radius 3 is 2.57 bits per heavy atom. The lowest BCUT2D eigenvalue weighted by atomic mass is 10.1.